The molecule has 0 bridgehead atoms. The normalized spacial score (nSPS) is 23.0. The summed E-state index contributed by atoms with van der Waals surface area (Å²) >= 11 is 0. The van der Waals surface area contributed by atoms with Gasteiger partial charge in [0.2, 0.25) is 5.91 Å². The maximum absolute atomic E-state index is 12.2. The molecule has 21 heavy (non-hydrogen) atoms. The molecule has 0 spiro atoms. The Morgan fingerprint density at radius 3 is 2.62 bits per heavy atom. The van der Waals surface area contributed by atoms with Crippen LogP contribution in [0.15, 0.2) is 0 Å². The van der Waals surface area contributed by atoms with E-state index in [1.807, 2.05) is 13.8 Å². The summed E-state index contributed by atoms with van der Waals surface area (Å²) in [6.45, 7) is 8.14. The first kappa shape index (κ1) is 18.0. The summed E-state index contributed by atoms with van der Waals surface area (Å²) in [7, 11) is 1.36. The van der Waals surface area contributed by atoms with Gasteiger partial charge in [0.05, 0.1) is 7.11 Å². The first-order valence-corrected chi connectivity index (χ1v) is 8.07. The van der Waals surface area contributed by atoms with Crippen LogP contribution in [0.1, 0.15) is 46.5 Å². The van der Waals surface area contributed by atoms with Crippen molar-refractivity contribution in [2.24, 2.45) is 17.8 Å². The number of hydrogen-bond donors (Lipinski definition) is 2. The summed E-state index contributed by atoms with van der Waals surface area (Å²) in [4.78, 5) is 24.0. The molecule has 0 aromatic rings. The summed E-state index contributed by atoms with van der Waals surface area (Å²) in [6, 6.07) is -0.538. The molecular formula is C16H30N2O3. The molecule has 5 nitrogen and oxygen atoms in total. The zero-order chi connectivity index (χ0) is 15.8. The van der Waals surface area contributed by atoms with Gasteiger partial charge in [0.25, 0.3) is 0 Å². The Balaban J connectivity index is 2.50. The van der Waals surface area contributed by atoms with E-state index in [0.717, 1.165) is 19.5 Å². The average Bonchev–Trinajstić information content (AvgIpc) is 2.51. The largest absolute Gasteiger partial charge is 0.467 e. The molecule has 1 aliphatic heterocycles. The van der Waals surface area contributed by atoms with Crippen LogP contribution in [0.3, 0.4) is 0 Å². The van der Waals surface area contributed by atoms with Crippen LogP contribution in [0.25, 0.3) is 0 Å². The van der Waals surface area contributed by atoms with E-state index >= 15 is 0 Å². The molecule has 0 saturated carbocycles. The van der Waals surface area contributed by atoms with Crippen molar-refractivity contribution in [3.8, 4) is 0 Å². The molecule has 4 unspecified atom stereocenters. The van der Waals surface area contributed by atoms with Gasteiger partial charge in [-0.25, -0.2) is 4.79 Å². The van der Waals surface area contributed by atoms with E-state index in [0.29, 0.717) is 18.3 Å². The van der Waals surface area contributed by atoms with E-state index in [9.17, 15) is 9.59 Å². The van der Waals surface area contributed by atoms with Gasteiger partial charge in [-0.15, -0.1) is 0 Å². The highest BCUT2D eigenvalue weighted by Gasteiger charge is 2.28. The molecule has 1 saturated heterocycles. The van der Waals surface area contributed by atoms with Gasteiger partial charge in [-0.05, 0) is 43.7 Å². The molecule has 0 radical (unpaired) electrons. The highest BCUT2D eigenvalue weighted by Crippen LogP contribution is 2.22. The van der Waals surface area contributed by atoms with Gasteiger partial charge in [0.1, 0.15) is 6.04 Å². The van der Waals surface area contributed by atoms with E-state index in [4.69, 9.17) is 4.74 Å². The maximum Gasteiger partial charge on any atom is 0.328 e. The minimum absolute atomic E-state index is 0.0521. The highest BCUT2D eigenvalue weighted by atomic mass is 16.5. The molecule has 1 amide bonds. The number of amides is 1. The van der Waals surface area contributed by atoms with Crippen LogP contribution < -0.4 is 10.6 Å². The number of esters is 1. The lowest BCUT2D eigenvalue weighted by molar-refractivity contribution is -0.146. The van der Waals surface area contributed by atoms with Gasteiger partial charge >= 0.3 is 5.97 Å². The molecule has 0 aromatic carbocycles. The SMILES string of the molecule is CCC(C)C(NC(=O)CC(C)C1CCCNC1)C(=O)OC. The van der Waals surface area contributed by atoms with Gasteiger partial charge in [-0.3, -0.25) is 4.79 Å². The Bertz CT molecular complexity index is 340. The van der Waals surface area contributed by atoms with E-state index in [1.54, 1.807) is 0 Å². The number of rotatable bonds is 7. The number of ether oxygens (including phenoxy) is 1. The van der Waals surface area contributed by atoms with Crippen molar-refractivity contribution in [3.05, 3.63) is 0 Å². The van der Waals surface area contributed by atoms with Crippen LogP contribution in [-0.4, -0.2) is 38.1 Å². The molecule has 1 aliphatic rings. The Morgan fingerprint density at radius 2 is 2.10 bits per heavy atom. The molecule has 2 N–H and O–H groups in total. The quantitative estimate of drug-likeness (QED) is 0.702. The second-order valence-corrected chi connectivity index (χ2v) is 6.24. The maximum atomic E-state index is 12.2. The monoisotopic (exact) mass is 298 g/mol. The average molecular weight is 298 g/mol. The third kappa shape index (κ3) is 5.65. The van der Waals surface area contributed by atoms with Gasteiger partial charge in [-0.2, -0.15) is 0 Å². The molecule has 1 rings (SSSR count). The number of carbonyl (C=O) groups is 2. The third-order valence-corrected chi connectivity index (χ3v) is 4.63. The van der Waals surface area contributed by atoms with Crippen molar-refractivity contribution >= 4 is 11.9 Å². The van der Waals surface area contributed by atoms with Crippen LogP contribution in [0, 0.1) is 17.8 Å². The third-order valence-electron chi connectivity index (χ3n) is 4.63. The number of hydrogen-bond acceptors (Lipinski definition) is 4. The second kappa shape index (κ2) is 9.03. The fraction of sp³-hybridized carbons (Fsp3) is 0.875. The summed E-state index contributed by atoms with van der Waals surface area (Å²) in [5, 5.41) is 6.23. The standard InChI is InChI=1S/C16H30N2O3/c1-5-11(2)15(16(20)21-4)18-14(19)9-12(3)13-7-6-8-17-10-13/h11-13,15,17H,5-10H2,1-4H3,(H,18,19). The summed E-state index contributed by atoms with van der Waals surface area (Å²) in [5.41, 5.74) is 0. The van der Waals surface area contributed by atoms with Crippen LogP contribution in [0.4, 0.5) is 0 Å². The van der Waals surface area contributed by atoms with Crippen molar-refractivity contribution < 1.29 is 14.3 Å². The van der Waals surface area contributed by atoms with Crippen molar-refractivity contribution in [1.29, 1.82) is 0 Å². The molecule has 0 aromatic heterocycles. The Hall–Kier alpha value is -1.10. The molecule has 1 fully saturated rings. The molecule has 5 heteroatoms. The van der Waals surface area contributed by atoms with Gasteiger partial charge in [-0.1, -0.05) is 27.2 Å². The van der Waals surface area contributed by atoms with Gasteiger partial charge in [0.15, 0.2) is 0 Å². The summed E-state index contributed by atoms with van der Waals surface area (Å²) in [5.74, 6) is 0.541. The molecular weight excluding hydrogens is 268 g/mol. The first-order chi connectivity index (χ1) is 9.99. The van der Waals surface area contributed by atoms with E-state index in [-0.39, 0.29) is 17.8 Å². The lowest BCUT2D eigenvalue weighted by Gasteiger charge is -2.29. The predicted octanol–water partition coefficient (Wildman–Crippen LogP) is 1.72. The minimum atomic E-state index is -0.538. The van der Waals surface area contributed by atoms with E-state index < -0.39 is 6.04 Å². The van der Waals surface area contributed by atoms with Crippen LogP contribution >= 0.6 is 0 Å². The number of carbonyl (C=O) groups excluding carboxylic acids is 2. The second-order valence-electron chi connectivity index (χ2n) is 6.24. The zero-order valence-electron chi connectivity index (χ0n) is 13.8. The smallest absolute Gasteiger partial charge is 0.328 e. The topological polar surface area (TPSA) is 67.4 Å². The van der Waals surface area contributed by atoms with Crippen molar-refractivity contribution in [1.82, 2.24) is 10.6 Å². The van der Waals surface area contributed by atoms with Crippen molar-refractivity contribution in [2.75, 3.05) is 20.2 Å². The Labute approximate surface area is 128 Å². The van der Waals surface area contributed by atoms with E-state index in [1.165, 1.54) is 20.0 Å². The number of piperidine rings is 1. The lowest BCUT2D eigenvalue weighted by Crippen LogP contribution is -2.46. The van der Waals surface area contributed by atoms with Crippen molar-refractivity contribution in [3.63, 3.8) is 0 Å². The lowest BCUT2D eigenvalue weighted by atomic mass is 9.85. The van der Waals surface area contributed by atoms with Crippen LogP contribution in [-0.2, 0) is 14.3 Å². The first-order valence-electron chi connectivity index (χ1n) is 8.07. The zero-order valence-corrected chi connectivity index (χ0v) is 13.8. The molecule has 0 aliphatic carbocycles. The summed E-state index contributed by atoms with van der Waals surface area (Å²) < 4.78 is 4.79. The van der Waals surface area contributed by atoms with E-state index in [2.05, 4.69) is 17.6 Å². The highest BCUT2D eigenvalue weighted by molar-refractivity contribution is 5.84. The molecule has 1 heterocycles. The van der Waals surface area contributed by atoms with Crippen LogP contribution in [0.2, 0.25) is 0 Å². The van der Waals surface area contributed by atoms with Gasteiger partial charge in [0, 0.05) is 6.42 Å². The van der Waals surface area contributed by atoms with Crippen molar-refractivity contribution in [2.45, 2.75) is 52.5 Å². The Morgan fingerprint density at radius 1 is 1.38 bits per heavy atom. The fourth-order valence-electron chi connectivity index (χ4n) is 2.85. The fourth-order valence-corrected chi connectivity index (χ4v) is 2.85. The van der Waals surface area contributed by atoms with Gasteiger partial charge < -0.3 is 15.4 Å². The Kier molecular flexibility index (Phi) is 7.72. The molecule has 122 valence electrons. The van der Waals surface area contributed by atoms with Crippen LogP contribution in [0.5, 0.6) is 0 Å². The number of methoxy groups -OCH3 is 1. The molecule has 4 atom stereocenters. The summed E-state index contributed by atoms with van der Waals surface area (Å²) in [6.07, 6.45) is 3.64. The minimum Gasteiger partial charge on any atom is -0.467 e. The predicted molar refractivity (Wildman–Crippen MR) is 82.8 cm³/mol. The number of nitrogens with one attached hydrogen (secondary N) is 2.